The van der Waals surface area contributed by atoms with Crippen molar-refractivity contribution in [3.05, 3.63) is 114 Å². The summed E-state index contributed by atoms with van der Waals surface area (Å²) >= 11 is 0. The number of unbranched alkanes of at least 4 members (excludes halogenated alkanes) is 2. The van der Waals surface area contributed by atoms with E-state index in [4.69, 9.17) is 33.3 Å². The molecule has 1 saturated carbocycles. The molecule has 0 radical (unpaired) electrons. The van der Waals surface area contributed by atoms with Crippen LogP contribution in [-0.2, 0) is 20.9 Å². The molecule has 2 amide bonds. The first-order chi connectivity index (χ1) is 31.2. The number of amides is 2. The second kappa shape index (κ2) is 21.1. The largest absolute Gasteiger partial charge is 0.497 e. The lowest BCUT2D eigenvalue weighted by molar-refractivity contribution is -0.256. The van der Waals surface area contributed by atoms with E-state index < -0.39 is 29.9 Å². The maximum Gasteiger partial charge on any atom is 0.417 e. The zero-order valence-corrected chi connectivity index (χ0v) is 37.0. The van der Waals surface area contributed by atoms with Crippen molar-refractivity contribution in [3.63, 3.8) is 0 Å². The molecule has 0 bridgehead atoms. The van der Waals surface area contributed by atoms with Gasteiger partial charge in [-0.3, -0.25) is 10.2 Å². The van der Waals surface area contributed by atoms with Gasteiger partial charge in [-0.05, 0) is 89.8 Å². The Balaban J connectivity index is 1.40. The summed E-state index contributed by atoms with van der Waals surface area (Å²) in [7, 11) is 5.92. The second-order valence-electron chi connectivity index (χ2n) is 16.3. The van der Waals surface area contributed by atoms with Gasteiger partial charge in [-0.2, -0.15) is 0 Å². The standard InChI is InChI=1S/C50H59N3O11/c1-6-26-62-50-45(53(49(57)60-4)31-34-17-13-16-32-14-7-8-18-37(32)34)30-42(52-61-5)39-27-33(15-9-11-24-54)38(19-10-12-25-55)46(47(39)50)40-28-36(21-23-43(40)64-50)63-48(56)51-41-22-20-35(58-2)29-44(41)59-3/h6-8,13-14,16-18,20-23,27-29,33,38,45-47,54-55H,1,9-12,15,19,24-26,30-31H2,2-5H3,(H,51,56)/t33-,38+,45-,46+,47+,50+/m0/s1. The number of hydrogen-bond donors (Lipinski definition) is 3. The fourth-order valence-electron chi connectivity index (χ4n) is 10.00. The molecule has 0 unspecified atom stereocenters. The van der Waals surface area contributed by atoms with Crippen LogP contribution in [0.2, 0.25) is 0 Å². The molecule has 4 aromatic rings. The van der Waals surface area contributed by atoms with Crippen LogP contribution in [0.5, 0.6) is 23.0 Å². The average molecular weight is 878 g/mol. The van der Waals surface area contributed by atoms with Crippen LogP contribution in [-0.4, -0.2) is 93.1 Å². The van der Waals surface area contributed by atoms with Crippen molar-refractivity contribution in [2.75, 3.05) is 53.6 Å². The number of ether oxygens (including phenoxy) is 6. The smallest absolute Gasteiger partial charge is 0.417 e. The Labute approximate surface area is 374 Å². The normalized spacial score (nSPS) is 22.6. The number of nitrogens with one attached hydrogen (secondary N) is 1. The van der Waals surface area contributed by atoms with E-state index in [1.54, 1.807) is 48.4 Å². The minimum Gasteiger partial charge on any atom is -0.497 e. The number of rotatable bonds is 19. The number of carbonyl (C=O) groups excluding carboxylic acids is 2. The van der Waals surface area contributed by atoms with Crippen LogP contribution in [0.1, 0.15) is 62.0 Å². The Hall–Kier alpha value is -6.09. The number of methoxy groups -OCH3 is 3. The average Bonchev–Trinajstić information content (AvgIpc) is 3.31. The van der Waals surface area contributed by atoms with Gasteiger partial charge in [0.1, 0.15) is 36.1 Å². The Bertz CT molecular complexity index is 2340. The number of carbonyl (C=O) groups is 2. The highest BCUT2D eigenvalue weighted by atomic mass is 16.7. The van der Waals surface area contributed by atoms with Crippen molar-refractivity contribution >= 4 is 34.4 Å². The number of aliphatic hydroxyl groups excluding tert-OH is 2. The number of benzene rings is 4. The molecule has 0 spiro atoms. The molecule has 1 fully saturated rings. The Morgan fingerprint density at radius 3 is 2.42 bits per heavy atom. The van der Waals surface area contributed by atoms with Crippen LogP contribution in [0.4, 0.5) is 15.3 Å². The first-order valence-corrected chi connectivity index (χ1v) is 21.9. The van der Waals surface area contributed by atoms with Crippen molar-refractivity contribution in [2.45, 2.75) is 69.2 Å². The van der Waals surface area contributed by atoms with Crippen LogP contribution in [0, 0.1) is 17.8 Å². The number of allylic oxidation sites excluding steroid dienone is 1. The van der Waals surface area contributed by atoms with E-state index in [2.05, 4.69) is 23.1 Å². The highest BCUT2D eigenvalue weighted by molar-refractivity contribution is 6.03. The van der Waals surface area contributed by atoms with E-state index in [1.165, 1.54) is 21.3 Å². The first kappa shape index (κ1) is 45.9. The summed E-state index contributed by atoms with van der Waals surface area (Å²) in [5.74, 6) is -0.737. The molecular weight excluding hydrogens is 819 g/mol. The van der Waals surface area contributed by atoms with Crippen molar-refractivity contribution in [3.8, 4) is 23.0 Å². The number of oxime groups is 1. The molecule has 1 aliphatic heterocycles. The highest BCUT2D eigenvalue weighted by Crippen LogP contribution is 2.62. The summed E-state index contributed by atoms with van der Waals surface area (Å²) < 4.78 is 36.7. The molecule has 0 saturated heterocycles. The van der Waals surface area contributed by atoms with Crippen molar-refractivity contribution in [1.82, 2.24) is 4.90 Å². The number of aliphatic hydroxyl groups is 2. The van der Waals surface area contributed by atoms with Crippen LogP contribution < -0.4 is 24.3 Å². The quantitative estimate of drug-likeness (QED) is 0.0467. The summed E-state index contributed by atoms with van der Waals surface area (Å²) in [6, 6.07) is 23.6. The molecule has 7 rings (SSSR count). The molecule has 4 aromatic carbocycles. The zero-order valence-electron chi connectivity index (χ0n) is 37.0. The predicted molar refractivity (Wildman–Crippen MR) is 243 cm³/mol. The molecule has 14 nitrogen and oxygen atoms in total. The van der Waals surface area contributed by atoms with Gasteiger partial charge in [0.15, 0.2) is 0 Å². The Morgan fingerprint density at radius 2 is 1.69 bits per heavy atom. The van der Waals surface area contributed by atoms with E-state index in [0.29, 0.717) is 41.5 Å². The minimum absolute atomic E-state index is 0.00552. The van der Waals surface area contributed by atoms with E-state index >= 15 is 0 Å². The van der Waals surface area contributed by atoms with Gasteiger partial charge < -0.3 is 43.5 Å². The van der Waals surface area contributed by atoms with Gasteiger partial charge in [-0.15, -0.1) is 6.58 Å². The van der Waals surface area contributed by atoms with Crippen LogP contribution in [0.3, 0.4) is 0 Å². The van der Waals surface area contributed by atoms with E-state index in [-0.39, 0.29) is 56.3 Å². The summed E-state index contributed by atoms with van der Waals surface area (Å²) in [4.78, 5) is 35.2. The Kier molecular flexibility index (Phi) is 15.1. The van der Waals surface area contributed by atoms with Crippen LogP contribution in [0.25, 0.3) is 10.8 Å². The lowest BCUT2D eigenvalue weighted by atomic mass is 9.55. The first-order valence-electron chi connectivity index (χ1n) is 21.9. The summed E-state index contributed by atoms with van der Waals surface area (Å²) in [6.07, 6.45) is 7.08. The second-order valence-corrected chi connectivity index (χ2v) is 16.3. The van der Waals surface area contributed by atoms with Crippen LogP contribution >= 0.6 is 0 Å². The maximum absolute atomic E-state index is 14.4. The molecule has 3 aliphatic rings. The van der Waals surface area contributed by atoms with Crippen molar-refractivity contribution < 1.29 is 53.1 Å². The van der Waals surface area contributed by atoms with Gasteiger partial charge in [0.2, 0.25) is 5.79 Å². The van der Waals surface area contributed by atoms with Gasteiger partial charge in [0.25, 0.3) is 0 Å². The lowest BCUT2D eigenvalue weighted by Gasteiger charge is -2.59. The third-order valence-corrected chi connectivity index (χ3v) is 12.7. The summed E-state index contributed by atoms with van der Waals surface area (Å²) in [6.45, 7) is 4.39. The number of fused-ring (bicyclic) bond motifs is 3. The molecule has 64 heavy (non-hydrogen) atoms. The SMILES string of the molecule is C=CCO[C@@]12Oc3ccc(OC(=O)Nc4ccc(OC)cc4OC)cc3[C@H]3[C@H](CCCCO)[C@@H](CCCCO)C=C(C(=NOC)C[C@@H]1N(Cc1cccc4ccccc14)C(=O)OC)[C@H]32. The summed E-state index contributed by atoms with van der Waals surface area (Å²) in [5.41, 5.74) is 3.60. The molecule has 14 heteroatoms. The van der Waals surface area contributed by atoms with E-state index in [0.717, 1.165) is 53.2 Å². The van der Waals surface area contributed by atoms with Gasteiger partial charge in [-0.25, -0.2) is 9.59 Å². The molecule has 340 valence electrons. The fourth-order valence-corrected chi connectivity index (χ4v) is 10.00. The molecule has 3 N–H and O–H groups in total. The zero-order chi connectivity index (χ0) is 45.2. The third-order valence-electron chi connectivity index (χ3n) is 12.7. The predicted octanol–water partition coefficient (Wildman–Crippen LogP) is 9.00. The van der Waals surface area contributed by atoms with Gasteiger partial charge >= 0.3 is 12.2 Å². The Morgan fingerprint density at radius 1 is 0.922 bits per heavy atom. The van der Waals surface area contributed by atoms with Crippen molar-refractivity contribution in [1.29, 1.82) is 0 Å². The highest BCUT2D eigenvalue weighted by Gasteiger charge is 2.65. The van der Waals surface area contributed by atoms with Gasteiger partial charge in [0.05, 0.1) is 51.8 Å². The van der Waals surface area contributed by atoms with Gasteiger partial charge in [0, 0.05) is 37.2 Å². The molecule has 6 atom stereocenters. The third kappa shape index (κ3) is 9.40. The van der Waals surface area contributed by atoms with Gasteiger partial charge in [-0.1, -0.05) is 72.6 Å². The van der Waals surface area contributed by atoms with Crippen LogP contribution in [0.15, 0.2) is 108 Å². The van der Waals surface area contributed by atoms with E-state index in [1.807, 2.05) is 48.5 Å². The topological polar surface area (TPSA) is 167 Å². The number of nitrogens with zero attached hydrogens (tertiary/aromatic N) is 2. The maximum atomic E-state index is 14.4. The number of anilines is 1. The summed E-state index contributed by atoms with van der Waals surface area (Å²) in [5, 5.41) is 29.3. The number of hydrogen-bond acceptors (Lipinski definition) is 12. The molecule has 2 aliphatic carbocycles. The minimum atomic E-state index is -1.51. The van der Waals surface area contributed by atoms with Crippen molar-refractivity contribution in [2.24, 2.45) is 22.9 Å². The van der Waals surface area contributed by atoms with E-state index in [9.17, 15) is 19.8 Å². The molecule has 1 heterocycles. The molecule has 0 aromatic heterocycles. The molecular formula is C50H59N3O11. The monoisotopic (exact) mass is 877 g/mol. The fraction of sp³-hybridized carbons (Fsp3) is 0.420. The lowest BCUT2D eigenvalue weighted by Crippen LogP contribution is -2.70.